The summed E-state index contributed by atoms with van der Waals surface area (Å²) in [6, 6.07) is 23.7. The van der Waals surface area contributed by atoms with Gasteiger partial charge in [-0.15, -0.1) is 0 Å². The van der Waals surface area contributed by atoms with Crippen molar-refractivity contribution in [3.8, 4) is 11.1 Å². The molecule has 2 amide bonds. The number of amides is 2. The Morgan fingerprint density at radius 1 is 0.911 bits per heavy atom. The largest absolute Gasteiger partial charge is 0.351 e. The smallest absolute Gasteiger partial charge is 0.266 e. The number of nitrogens with one attached hydrogen (secondary N) is 2. The van der Waals surface area contributed by atoms with Gasteiger partial charge in [-0.1, -0.05) is 92.5 Å². The van der Waals surface area contributed by atoms with E-state index in [9.17, 15) is 18.0 Å². The molecule has 1 unspecified atom stereocenters. The molecule has 0 spiro atoms. The standard InChI is InChI=1S/C34H33Cl2FN2O5S/c1-34(2,3)25-11-8-22(9-12-25)28(18-21-4-6-23(7-5-21)32(40)38-16-17-45(42,43)44)33(41)39-31-15-10-24(19-30(31)37)27-14-13-26(35)20-29(27)36/h4-15,19-20,28H,16-18H2,1-3H3,(H,38,40)(H,39,41)(H,42,43,44). The van der Waals surface area contributed by atoms with Crippen LogP contribution in [0, 0.1) is 5.82 Å². The van der Waals surface area contributed by atoms with Gasteiger partial charge in [0, 0.05) is 27.7 Å². The van der Waals surface area contributed by atoms with E-state index in [0.717, 1.165) is 16.7 Å². The third-order valence-corrected chi connectivity index (χ3v) is 8.53. The van der Waals surface area contributed by atoms with Gasteiger partial charge in [0.05, 0.1) is 17.4 Å². The highest BCUT2D eigenvalue weighted by atomic mass is 35.5. The number of carbonyl (C=O) groups is 2. The Morgan fingerprint density at radius 3 is 2.16 bits per heavy atom. The van der Waals surface area contributed by atoms with Crippen LogP contribution < -0.4 is 10.6 Å². The van der Waals surface area contributed by atoms with Gasteiger partial charge in [0.1, 0.15) is 5.82 Å². The van der Waals surface area contributed by atoms with Gasteiger partial charge in [-0.3, -0.25) is 14.1 Å². The molecule has 11 heteroatoms. The highest BCUT2D eigenvalue weighted by molar-refractivity contribution is 7.85. The van der Waals surface area contributed by atoms with Crippen molar-refractivity contribution >= 4 is 50.8 Å². The summed E-state index contributed by atoms with van der Waals surface area (Å²) < 4.78 is 46.0. The maximum Gasteiger partial charge on any atom is 0.266 e. The topological polar surface area (TPSA) is 113 Å². The Hall–Kier alpha value is -3.76. The Kier molecular flexibility index (Phi) is 10.7. The molecule has 4 rings (SSSR count). The molecule has 0 aromatic heterocycles. The molecule has 236 valence electrons. The molecule has 0 heterocycles. The fourth-order valence-electron chi connectivity index (χ4n) is 4.73. The summed E-state index contributed by atoms with van der Waals surface area (Å²) in [5.74, 6) is -2.84. The molecule has 4 aromatic carbocycles. The number of rotatable bonds is 10. The van der Waals surface area contributed by atoms with Crippen molar-refractivity contribution in [2.75, 3.05) is 17.6 Å². The molecule has 0 bridgehead atoms. The first-order valence-corrected chi connectivity index (χ1v) is 16.5. The Morgan fingerprint density at radius 2 is 1.58 bits per heavy atom. The van der Waals surface area contributed by atoms with Crippen molar-refractivity contribution in [1.82, 2.24) is 5.32 Å². The lowest BCUT2D eigenvalue weighted by atomic mass is 9.84. The van der Waals surface area contributed by atoms with Gasteiger partial charge in [0.2, 0.25) is 5.91 Å². The van der Waals surface area contributed by atoms with Crippen LogP contribution in [0.15, 0.2) is 84.9 Å². The summed E-state index contributed by atoms with van der Waals surface area (Å²) in [5.41, 5.74) is 3.92. The summed E-state index contributed by atoms with van der Waals surface area (Å²) >= 11 is 12.3. The second-order valence-electron chi connectivity index (χ2n) is 11.7. The highest BCUT2D eigenvalue weighted by Gasteiger charge is 2.24. The normalized spacial score (nSPS) is 12.4. The van der Waals surface area contributed by atoms with Crippen molar-refractivity contribution in [2.45, 2.75) is 38.5 Å². The van der Waals surface area contributed by atoms with Crippen LogP contribution in [0.5, 0.6) is 0 Å². The minimum atomic E-state index is -4.20. The summed E-state index contributed by atoms with van der Waals surface area (Å²) in [4.78, 5) is 26.1. The van der Waals surface area contributed by atoms with E-state index in [2.05, 4.69) is 31.4 Å². The molecule has 1 atom stereocenters. The second-order valence-corrected chi connectivity index (χ2v) is 14.1. The van der Waals surface area contributed by atoms with Gasteiger partial charge in [-0.25, -0.2) is 4.39 Å². The third-order valence-electron chi connectivity index (χ3n) is 7.27. The third kappa shape index (κ3) is 9.37. The molecule has 0 aliphatic rings. The lowest BCUT2D eigenvalue weighted by molar-refractivity contribution is -0.117. The number of hydrogen-bond donors (Lipinski definition) is 3. The summed E-state index contributed by atoms with van der Waals surface area (Å²) in [6.07, 6.45) is 0.255. The molecule has 0 radical (unpaired) electrons. The van der Waals surface area contributed by atoms with Crippen molar-refractivity contribution in [3.05, 3.63) is 123 Å². The second kappa shape index (κ2) is 14.1. The molecule has 0 saturated heterocycles. The van der Waals surface area contributed by atoms with Crippen LogP contribution in [0.2, 0.25) is 10.0 Å². The zero-order chi connectivity index (χ0) is 32.9. The van der Waals surface area contributed by atoms with Crippen molar-refractivity contribution < 1.29 is 27.0 Å². The summed E-state index contributed by atoms with van der Waals surface area (Å²) in [5, 5.41) is 6.01. The van der Waals surface area contributed by atoms with Crippen LogP contribution in [0.4, 0.5) is 10.1 Å². The molecule has 45 heavy (non-hydrogen) atoms. The van der Waals surface area contributed by atoms with E-state index in [-0.39, 0.29) is 29.6 Å². The molecule has 0 aliphatic carbocycles. The Balaban J connectivity index is 1.56. The monoisotopic (exact) mass is 670 g/mol. The van der Waals surface area contributed by atoms with E-state index in [1.807, 2.05) is 24.3 Å². The van der Waals surface area contributed by atoms with E-state index in [0.29, 0.717) is 21.2 Å². The average Bonchev–Trinajstić information content (AvgIpc) is 2.96. The van der Waals surface area contributed by atoms with Crippen LogP contribution >= 0.6 is 23.2 Å². The Bertz CT molecular complexity index is 1810. The Labute approximate surface area is 272 Å². The predicted molar refractivity (Wildman–Crippen MR) is 177 cm³/mol. The van der Waals surface area contributed by atoms with Crippen molar-refractivity contribution in [3.63, 3.8) is 0 Å². The lowest BCUT2D eigenvalue weighted by Gasteiger charge is -2.22. The molecule has 0 aliphatic heterocycles. The average molecular weight is 672 g/mol. The van der Waals surface area contributed by atoms with Crippen LogP contribution in [0.25, 0.3) is 11.1 Å². The molecular formula is C34H33Cl2FN2O5S. The van der Waals surface area contributed by atoms with Crippen molar-refractivity contribution in [1.29, 1.82) is 0 Å². The molecule has 3 N–H and O–H groups in total. The van der Waals surface area contributed by atoms with E-state index in [1.54, 1.807) is 48.5 Å². The van der Waals surface area contributed by atoms with E-state index < -0.39 is 39.4 Å². The van der Waals surface area contributed by atoms with E-state index in [4.69, 9.17) is 27.8 Å². The zero-order valence-corrected chi connectivity index (χ0v) is 27.2. The van der Waals surface area contributed by atoms with Gasteiger partial charge >= 0.3 is 0 Å². The number of anilines is 1. The fraction of sp³-hybridized carbons (Fsp3) is 0.235. The van der Waals surface area contributed by atoms with Gasteiger partial charge in [0.15, 0.2) is 0 Å². The van der Waals surface area contributed by atoms with Crippen LogP contribution in [-0.4, -0.2) is 37.1 Å². The highest BCUT2D eigenvalue weighted by Crippen LogP contribution is 2.33. The number of hydrogen-bond acceptors (Lipinski definition) is 4. The van der Waals surface area contributed by atoms with Crippen LogP contribution in [0.3, 0.4) is 0 Å². The van der Waals surface area contributed by atoms with Gasteiger partial charge in [-0.2, -0.15) is 8.42 Å². The number of benzene rings is 4. The van der Waals surface area contributed by atoms with E-state index in [1.165, 1.54) is 12.1 Å². The first-order valence-electron chi connectivity index (χ1n) is 14.1. The minimum Gasteiger partial charge on any atom is -0.351 e. The quantitative estimate of drug-likeness (QED) is 0.150. The van der Waals surface area contributed by atoms with Crippen LogP contribution in [-0.2, 0) is 26.7 Å². The maximum absolute atomic E-state index is 15.3. The lowest BCUT2D eigenvalue weighted by Crippen LogP contribution is -2.28. The van der Waals surface area contributed by atoms with Crippen molar-refractivity contribution in [2.24, 2.45) is 0 Å². The fourth-order valence-corrected chi connectivity index (χ4v) is 5.61. The van der Waals surface area contributed by atoms with Crippen LogP contribution in [0.1, 0.15) is 53.7 Å². The zero-order valence-electron chi connectivity index (χ0n) is 24.9. The molecule has 0 fully saturated rings. The molecule has 4 aromatic rings. The first-order chi connectivity index (χ1) is 21.1. The predicted octanol–water partition coefficient (Wildman–Crippen LogP) is 7.68. The van der Waals surface area contributed by atoms with Gasteiger partial charge < -0.3 is 10.6 Å². The van der Waals surface area contributed by atoms with Gasteiger partial charge in [0.25, 0.3) is 16.0 Å². The number of halogens is 3. The molecular weight excluding hydrogens is 638 g/mol. The first kappa shape index (κ1) is 34.1. The summed E-state index contributed by atoms with van der Waals surface area (Å²) in [6.45, 7) is 6.04. The maximum atomic E-state index is 15.3. The minimum absolute atomic E-state index is 0.0158. The van der Waals surface area contributed by atoms with Gasteiger partial charge in [-0.05, 0) is 70.5 Å². The molecule has 7 nitrogen and oxygen atoms in total. The SMILES string of the molecule is CC(C)(C)c1ccc(C(Cc2ccc(C(=O)NCCS(=O)(=O)O)cc2)C(=O)Nc2ccc(-c3ccc(Cl)cc3Cl)cc2F)cc1. The number of carbonyl (C=O) groups excluding carboxylic acids is 2. The van der Waals surface area contributed by atoms with E-state index >= 15 is 4.39 Å². The summed E-state index contributed by atoms with van der Waals surface area (Å²) in [7, 11) is -4.20. The molecule has 0 saturated carbocycles.